The summed E-state index contributed by atoms with van der Waals surface area (Å²) in [5.41, 5.74) is 0. The van der Waals surface area contributed by atoms with Gasteiger partial charge >= 0.3 is 0 Å². The van der Waals surface area contributed by atoms with Crippen LogP contribution in [0.25, 0.3) is 0 Å². The molecule has 0 radical (unpaired) electrons. The highest BCUT2D eigenvalue weighted by Gasteiger charge is 2.36. The van der Waals surface area contributed by atoms with Gasteiger partial charge < -0.3 is 10.2 Å². The predicted molar refractivity (Wildman–Crippen MR) is 65.7 cm³/mol. The van der Waals surface area contributed by atoms with Crippen molar-refractivity contribution < 1.29 is 4.79 Å². The van der Waals surface area contributed by atoms with Gasteiger partial charge in [-0.2, -0.15) is 0 Å². The minimum Gasteiger partial charge on any atom is -0.352 e. The summed E-state index contributed by atoms with van der Waals surface area (Å²) in [4.78, 5) is 14.1. The number of halogens is 1. The minimum absolute atomic E-state index is 0.0192. The summed E-state index contributed by atoms with van der Waals surface area (Å²) >= 11 is 5.77. The van der Waals surface area contributed by atoms with Crippen LogP contribution in [-0.2, 0) is 4.79 Å². The largest absolute Gasteiger partial charge is 0.352 e. The Kier molecular flexibility index (Phi) is 3.75. The summed E-state index contributed by atoms with van der Waals surface area (Å²) in [5, 5.41) is 2.65. The van der Waals surface area contributed by atoms with Crippen LogP contribution in [0.15, 0.2) is 0 Å². The van der Waals surface area contributed by atoms with E-state index in [0.717, 1.165) is 12.8 Å². The number of carbonyl (C=O) groups is 1. The van der Waals surface area contributed by atoms with E-state index in [2.05, 4.69) is 17.3 Å². The molecule has 4 heteroatoms. The van der Waals surface area contributed by atoms with Crippen molar-refractivity contribution in [3.8, 4) is 0 Å². The van der Waals surface area contributed by atoms with Gasteiger partial charge in [-0.25, -0.2) is 0 Å². The maximum absolute atomic E-state index is 11.6. The molecule has 2 heterocycles. The van der Waals surface area contributed by atoms with Crippen LogP contribution in [-0.4, -0.2) is 41.4 Å². The van der Waals surface area contributed by atoms with Gasteiger partial charge in [0, 0.05) is 18.1 Å². The van der Waals surface area contributed by atoms with Crippen LogP contribution in [0, 0.1) is 0 Å². The fourth-order valence-corrected chi connectivity index (χ4v) is 3.11. The number of rotatable bonds is 2. The molecule has 3 nitrogen and oxygen atoms in total. The van der Waals surface area contributed by atoms with Gasteiger partial charge in [0.25, 0.3) is 0 Å². The van der Waals surface area contributed by atoms with Gasteiger partial charge in [-0.1, -0.05) is 6.42 Å². The molecular formula is C12H21ClN2O. The molecule has 0 aromatic carbocycles. The number of nitrogens with zero attached hydrogens (tertiary/aromatic N) is 1. The summed E-state index contributed by atoms with van der Waals surface area (Å²) in [5.74, 6) is -0.0192. The number of piperidine rings is 2. The summed E-state index contributed by atoms with van der Waals surface area (Å²) in [6.07, 6.45) is 6.06. The fourth-order valence-electron chi connectivity index (χ4n) is 3.05. The van der Waals surface area contributed by atoms with Crippen LogP contribution in [0.3, 0.4) is 0 Å². The lowest BCUT2D eigenvalue weighted by molar-refractivity contribution is -0.122. The second-order valence-electron chi connectivity index (χ2n) is 5.20. The van der Waals surface area contributed by atoms with Crippen LogP contribution < -0.4 is 5.32 Å². The van der Waals surface area contributed by atoms with Crippen molar-refractivity contribution in [1.82, 2.24) is 10.2 Å². The van der Waals surface area contributed by atoms with E-state index < -0.39 is 5.38 Å². The third kappa shape index (κ3) is 2.51. The molecule has 0 aliphatic carbocycles. The van der Waals surface area contributed by atoms with Gasteiger partial charge in [-0.15, -0.1) is 11.6 Å². The third-order valence-electron chi connectivity index (χ3n) is 4.05. The number of amides is 1. The molecule has 1 amide bonds. The van der Waals surface area contributed by atoms with Crippen LogP contribution in [0.5, 0.6) is 0 Å². The Balaban J connectivity index is 1.92. The normalized spacial score (nSPS) is 36.8. The predicted octanol–water partition coefficient (Wildman–Crippen LogP) is 1.75. The summed E-state index contributed by atoms with van der Waals surface area (Å²) in [6.45, 7) is 1.73. The van der Waals surface area contributed by atoms with Crippen LogP contribution >= 0.6 is 11.6 Å². The number of fused-ring (bicyclic) bond motifs is 2. The van der Waals surface area contributed by atoms with Gasteiger partial charge in [-0.3, -0.25) is 4.79 Å². The molecule has 1 N–H and O–H groups in total. The average Bonchev–Trinajstić information content (AvgIpc) is 2.19. The zero-order valence-electron chi connectivity index (χ0n) is 10.1. The zero-order valence-corrected chi connectivity index (χ0v) is 10.8. The molecule has 2 aliphatic rings. The molecule has 16 heavy (non-hydrogen) atoms. The monoisotopic (exact) mass is 244 g/mol. The number of hydrogen-bond acceptors (Lipinski definition) is 2. The highest BCUT2D eigenvalue weighted by Crippen LogP contribution is 2.32. The Morgan fingerprint density at radius 3 is 2.44 bits per heavy atom. The van der Waals surface area contributed by atoms with Crippen molar-refractivity contribution in [2.24, 2.45) is 0 Å². The molecule has 0 spiro atoms. The lowest BCUT2D eigenvalue weighted by atomic mass is 9.82. The Morgan fingerprint density at radius 2 is 1.94 bits per heavy atom. The van der Waals surface area contributed by atoms with E-state index >= 15 is 0 Å². The number of alkyl halides is 1. The Morgan fingerprint density at radius 1 is 1.38 bits per heavy atom. The number of nitrogens with one attached hydrogen (secondary N) is 1. The lowest BCUT2D eigenvalue weighted by Crippen LogP contribution is -2.55. The van der Waals surface area contributed by atoms with E-state index in [1.165, 1.54) is 19.3 Å². The molecule has 0 saturated carbocycles. The first-order valence-electron chi connectivity index (χ1n) is 6.24. The Hall–Kier alpha value is -0.280. The summed E-state index contributed by atoms with van der Waals surface area (Å²) in [7, 11) is 2.22. The SMILES string of the molecule is CC(Cl)C(=O)NC1CC2CCCC(C1)N2C. The molecule has 92 valence electrons. The summed E-state index contributed by atoms with van der Waals surface area (Å²) in [6, 6.07) is 1.65. The molecule has 3 atom stereocenters. The van der Waals surface area contributed by atoms with Crippen molar-refractivity contribution in [2.75, 3.05) is 7.05 Å². The second kappa shape index (κ2) is 4.92. The fraction of sp³-hybridized carbons (Fsp3) is 0.917. The van der Waals surface area contributed by atoms with E-state index in [-0.39, 0.29) is 5.91 Å². The van der Waals surface area contributed by atoms with Crippen molar-refractivity contribution in [1.29, 1.82) is 0 Å². The first kappa shape index (κ1) is 12.2. The lowest BCUT2D eigenvalue weighted by Gasteiger charge is -2.47. The minimum atomic E-state index is -0.417. The van der Waals surface area contributed by atoms with Crippen molar-refractivity contribution >= 4 is 17.5 Å². The van der Waals surface area contributed by atoms with Gasteiger partial charge in [0.15, 0.2) is 0 Å². The molecule has 2 rings (SSSR count). The van der Waals surface area contributed by atoms with E-state index in [1.54, 1.807) is 6.92 Å². The van der Waals surface area contributed by atoms with Crippen molar-refractivity contribution in [2.45, 2.75) is 62.5 Å². The Bertz CT molecular complexity index is 256. The maximum Gasteiger partial charge on any atom is 0.237 e. The van der Waals surface area contributed by atoms with Gasteiger partial charge in [-0.05, 0) is 39.7 Å². The second-order valence-corrected chi connectivity index (χ2v) is 5.85. The molecule has 2 aliphatic heterocycles. The van der Waals surface area contributed by atoms with Gasteiger partial charge in [0.2, 0.25) is 5.91 Å². The molecule has 0 aromatic rings. The highest BCUT2D eigenvalue weighted by atomic mass is 35.5. The van der Waals surface area contributed by atoms with E-state index in [1.807, 2.05) is 0 Å². The van der Waals surface area contributed by atoms with Gasteiger partial charge in [0.1, 0.15) is 5.38 Å². The topological polar surface area (TPSA) is 32.3 Å². The molecule has 3 unspecified atom stereocenters. The van der Waals surface area contributed by atoms with Gasteiger partial charge in [0.05, 0.1) is 0 Å². The zero-order chi connectivity index (χ0) is 11.7. The summed E-state index contributed by atoms with van der Waals surface area (Å²) < 4.78 is 0. The van der Waals surface area contributed by atoms with Crippen molar-refractivity contribution in [3.05, 3.63) is 0 Å². The first-order chi connectivity index (χ1) is 7.58. The molecule has 2 fully saturated rings. The maximum atomic E-state index is 11.6. The molecule has 2 bridgehead atoms. The first-order valence-corrected chi connectivity index (χ1v) is 6.68. The van der Waals surface area contributed by atoms with Crippen LogP contribution in [0.1, 0.15) is 39.0 Å². The molecular weight excluding hydrogens is 224 g/mol. The number of hydrogen-bond donors (Lipinski definition) is 1. The molecule has 2 saturated heterocycles. The smallest absolute Gasteiger partial charge is 0.237 e. The quantitative estimate of drug-likeness (QED) is 0.751. The Labute approximate surface area is 103 Å². The number of carbonyl (C=O) groups excluding carboxylic acids is 1. The van der Waals surface area contributed by atoms with E-state index in [0.29, 0.717) is 18.1 Å². The van der Waals surface area contributed by atoms with E-state index in [9.17, 15) is 4.79 Å². The van der Waals surface area contributed by atoms with Crippen molar-refractivity contribution in [3.63, 3.8) is 0 Å². The average molecular weight is 245 g/mol. The highest BCUT2D eigenvalue weighted by molar-refractivity contribution is 6.30. The standard InChI is InChI=1S/C12H21ClN2O/c1-8(13)12(16)14-9-6-10-4-3-5-11(7-9)15(10)2/h8-11H,3-7H2,1-2H3,(H,14,16). The molecule has 0 aromatic heterocycles. The van der Waals surface area contributed by atoms with Crippen LogP contribution in [0.2, 0.25) is 0 Å². The van der Waals surface area contributed by atoms with Crippen LogP contribution in [0.4, 0.5) is 0 Å². The third-order valence-corrected chi connectivity index (χ3v) is 4.25. The van der Waals surface area contributed by atoms with E-state index in [4.69, 9.17) is 11.6 Å².